The summed E-state index contributed by atoms with van der Waals surface area (Å²) >= 11 is 0. The average molecular weight is 543 g/mol. The molecule has 1 atom stereocenters. The lowest BCUT2D eigenvalue weighted by Gasteiger charge is -2.39. The number of ether oxygens (including phenoxy) is 1. The highest BCUT2D eigenvalue weighted by molar-refractivity contribution is 5.83. The molecule has 0 spiro atoms. The molecule has 9 heteroatoms. The highest BCUT2D eigenvalue weighted by atomic mass is 19.1. The van der Waals surface area contributed by atoms with Gasteiger partial charge in [0.25, 0.3) is 16.8 Å². The van der Waals surface area contributed by atoms with E-state index in [0.717, 1.165) is 16.7 Å². The SMILES string of the molecule is CNc1c(Nc2cc(-c3ccccc3)ccc2OCC(=O)N2CCN(Cc3ccc(F)cc3)C[C@H]2C)c(=O)c1=O. The fourth-order valence-electron chi connectivity index (χ4n) is 5.07. The third kappa shape index (κ3) is 5.74. The Morgan fingerprint density at radius 1 is 0.950 bits per heavy atom. The molecular weight excluding hydrogens is 511 g/mol. The summed E-state index contributed by atoms with van der Waals surface area (Å²) in [6.07, 6.45) is 0. The van der Waals surface area contributed by atoms with Crippen molar-refractivity contribution in [3.05, 3.63) is 105 Å². The molecule has 1 aliphatic heterocycles. The van der Waals surface area contributed by atoms with Gasteiger partial charge >= 0.3 is 0 Å². The quantitative estimate of drug-likeness (QED) is 0.309. The molecule has 1 amide bonds. The van der Waals surface area contributed by atoms with Crippen LogP contribution in [-0.2, 0) is 11.3 Å². The van der Waals surface area contributed by atoms with Crippen LogP contribution in [0.2, 0.25) is 0 Å². The largest absolute Gasteiger partial charge is 0.482 e. The number of hydrogen-bond donors (Lipinski definition) is 2. The number of amides is 1. The van der Waals surface area contributed by atoms with E-state index < -0.39 is 10.9 Å². The predicted molar refractivity (Wildman–Crippen MR) is 154 cm³/mol. The fourth-order valence-corrected chi connectivity index (χ4v) is 5.07. The Bertz CT molecular complexity index is 1570. The van der Waals surface area contributed by atoms with Gasteiger partial charge in [0.1, 0.15) is 22.9 Å². The van der Waals surface area contributed by atoms with Gasteiger partial charge in [0.15, 0.2) is 6.61 Å². The molecule has 206 valence electrons. The number of carbonyl (C=O) groups excluding carboxylic acids is 1. The zero-order chi connectivity index (χ0) is 28.2. The van der Waals surface area contributed by atoms with Crippen molar-refractivity contribution in [2.45, 2.75) is 19.5 Å². The molecule has 0 aliphatic carbocycles. The van der Waals surface area contributed by atoms with E-state index in [1.165, 1.54) is 12.1 Å². The molecule has 4 aromatic rings. The number of anilines is 3. The Kier molecular flexibility index (Phi) is 7.93. The van der Waals surface area contributed by atoms with Crippen molar-refractivity contribution in [2.24, 2.45) is 0 Å². The van der Waals surface area contributed by atoms with Crippen molar-refractivity contribution in [2.75, 3.05) is 43.9 Å². The molecule has 1 fully saturated rings. The van der Waals surface area contributed by atoms with Gasteiger partial charge in [-0.05, 0) is 47.9 Å². The molecule has 0 unspecified atom stereocenters. The summed E-state index contributed by atoms with van der Waals surface area (Å²) in [6.45, 7) is 4.46. The van der Waals surface area contributed by atoms with Gasteiger partial charge in [0.2, 0.25) is 0 Å². The van der Waals surface area contributed by atoms with Crippen molar-refractivity contribution in [1.82, 2.24) is 9.80 Å². The van der Waals surface area contributed by atoms with Gasteiger partial charge in [-0.3, -0.25) is 19.3 Å². The number of hydrogen-bond acceptors (Lipinski definition) is 7. The first-order chi connectivity index (χ1) is 19.3. The normalized spacial score (nSPS) is 15.7. The second-order valence-corrected chi connectivity index (χ2v) is 9.95. The summed E-state index contributed by atoms with van der Waals surface area (Å²) in [4.78, 5) is 41.4. The van der Waals surface area contributed by atoms with Crippen LogP contribution < -0.4 is 26.2 Å². The average Bonchev–Trinajstić information content (AvgIpc) is 2.97. The zero-order valence-electron chi connectivity index (χ0n) is 22.4. The summed E-state index contributed by atoms with van der Waals surface area (Å²) in [5.41, 5.74) is 2.56. The zero-order valence-corrected chi connectivity index (χ0v) is 22.4. The van der Waals surface area contributed by atoms with Crippen LogP contribution in [-0.4, -0.2) is 55.0 Å². The molecule has 2 N–H and O–H groups in total. The molecule has 40 heavy (non-hydrogen) atoms. The van der Waals surface area contributed by atoms with Crippen LogP contribution in [0.5, 0.6) is 5.75 Å². The van der Waals surface area contributed by atoms with Crippen LogP contribution in [0, 0.1) is 5.82 Å². The first-order valence-corrected chi connectivity index (χ1v) is 13.2. The number of halogens is 1. The van der Waals surface area contributed by atoms with E-state index >= 15 is 0 Å². The van der Waals surface area contributed by atoms with Gasteiger partial charge < -0.3 is 20.3 Å². The number of nitrogens with zero attached hydrogens (tertiary/aromatic N) is 2. The van der Waals surface area contributed by atoms with E-state index in [2.05, 4.69) is 15.5 Å². The van der Waals surface area contributed by atoms with Crippen molar-refractivity contribution < 1.29 is 13.9 Å². The van der Waals surface area contributed by atoms with Gasteiger partial charge in [0.05, 0.1) is 5.69 Å². The van der Waals surface area contributed by atoms with Crippen LogP contribution in [0.4, 0.5) is 21.5 Å². The smallest absolute Gasteiger partial charge is 0.260 e. The monoisotopic (exact) mass is 542 g/mol. The highest BCUT2D eigenvalue weighted by Gasteiger charge is 2.28. The number of benzene rings is 3. The van der Waals surface area contributed by atoms with E-state index in [-0.39, 0.29) is 35.7 Å². The molecule has 8 nitrogen and oxygen atoms in total. The summed E-state index contributed by atoms with van der Waals surface area (Å²) < 4.78 is 19.2. The van der Waals surface area contributed by atoms with Crippen LogP contribution in [0.1, 0.15) is 12.5 Å². The van der Waals surface area contributed by atoms with Crippen molar-refractivity contribution in [3.8, 4) is 16.9 Å². The number of nitrogens with one attached hydrogen (secondary N) is 2. The second-order valence-electron chi connectivity index (χ2n) is 9.95. The minimum Gasteiger partial charge on any atom is -0.482 e. The van der Waals surface area contributed by atoms with Crippen LogP contribution in [0.25, 0.3) is 11.1 Å². The Labute approximate surface area is 231 Å². The summed E-state index contributed by atoms with van der Waals surface area (Å²) in [7, 11) is 1.58. The topological polar surface area (TPSA) is 91.0 Å². The van der Waals surface area contributed by atoms with E-state index in [1.54, 1.807) is 25.2 Å². The van der Waals surface area contributed by atoms with Gasteiger partial charge in [-0.25, -0.2) is 4.39 Å². The molecule has 0 saturated carbocycles. The lowest BCUT2D eigenvalue weighted by molar-refractivity contribution is -0.137. The minimum absolute atomic E-state index is 0.0229. The number of carbonyl (C=O) groups is 1. The Morgan fingerprint density at radius 2 is 1.68 bits per heavy atom. The first kappa shape index (κ1) is 27.1. The second kappa shape index (κ2) is 11.7. The summed E-state index contributed by atoms with van der Waals surface area (Å²) in [5.74, 6) is -0.00431. The van der Waals surface area contributed by atoms with E-state index in [4.69, 9.17) is 4.74 Å². The molecule has 1 saturated heterocycles. The van der Waals surface area contributed by atoms with E-state index in [0.29, 0.717) is 37.6 Å². The van der Waals surface area contributed by atoms with Crippen LogP contribution >= 0.6 is 0 Å². The van der Waals surface area contributed by atoms with Gasteiger partial charge in [-0.1, -0.05) is 48.5 Å². The van der Waals surface area contributed by atoms with Crippen LogP contribution in [0.15, 0.2) is 82.4 Å². The Balaban J connectivity index is 1.27. The van der Waals surface area contributed by atoms with Gasteiger partial charge in [0, 0.05) is 39.3 Å². The van der Waals surface area contributed by atoms with Gasteiger partial charge in [-0.2, -0.15) is 0 Å². The van der Waals surface area contributed by atoms with Crippen LogP contribution in [0.3, 0.4) is 0 Å². The Morgan fingerprint density at radius 3 is 2.38 bits per heavy atom. The minimum atomic E-state index is -0.608. The summed E-state index contributed by atoms with van der Waals surface area (Å²) in [5, 5.41) is 5.81. The maximum Gasteiger partial charge on any atom is 0.260 e. The first-order valence-electron chi connectivity index (χ1n) is 13.2. The molecule has 1 aliphatic rings. The lowest BCUT2D eigenvalue weighted by Crippen LogP contribution is -2.54. The Hall–Kier alpha value is -4.50. The van der Waals surface area contributed by atoms with E-state index in [9.17, 15) is 18.8 Å². The molecule has 0 aromatic heterocycles. The van der Waals surface area contributed by atoms with Crippen molar-refractivity contribution in [3.63, 3.8) is 0 Å². The fraction of sp³-hybridized carbons (Fsp3) is 0.258. The third-order valence-electron chi connectivity index (χ3n) is 7.21. The maximum atomic E-state index is 13.2. The number of rotatable bonds is 9. The van der Waals surface area contributed by atoms with Crippen molar-refractivity contribution >= 4 is 23.0 Å². The highest BCUT2D eigenvalue weighted by Crippen LogP contribution is 2.34. The molecule has 0 bridgehead atoms. The lowest BCUT2D eigenvalue weighted by atomic mass is 10.0. The molecule has 5 rings (SSSR count). The van der Waals surface area contributed by atoms with Gasteiger partial charge in [-0.15, -0.1) is 0 Å². The predicted octanol–water partition coefficient (Wildman–Crippen LogP) is 3.99. The summed E-state index contributed by atoms with van der Waals surface area (Å²) in [6, 6.07) is 21.7. The molecule has 4 aromatic carbocycles. The third-order valence-corrected chi connectivity index (χ3v) is 7.21. The maximum absolute atomic E-state index is 13.2. The molecule has 0 radical (unpaired) electrons. The van der Waals surface area contributed by atoms with E-state index in [1.807, 2.05) is 54.3 Å². The molecular formula is C31H31FN4O4. The molecule has 1 heterocycles. The van der Waals surface area contributed by atoms with Crippen molar-refractivity contribution in [1.29, 1.82) is 0 Å². The number of piperazine rings is 1. The standard InChI is InChI=1S/C31H31FN4O4/c1-20-17-35(18-21-8-11-24(32)12-9-21)14-15-36(20)27(37)19-40-26-13-10-23(22-6-4-3-5-7-22)16-25(26)34-29-28(33-2)30(38)31(29)39/h3-13,16,20,33-34H,14-15,17-19H2,1-2H3/t20-/m1/s1.